The highest BCUT2D eigenvalue weighted by atomic mass is 16.4. The molecule has 3 N–H and O–H groups in total. The van der Waals surface area contributed by atoms with Crippen LogP contribution in [0.5, 0.6) is 0 Å². The van der Waals surface area contributed by atoms with E-state index < -0.39 is 5.97 Å². The summed E-state index contributed by atoms with van der Waals surface area (Å²) >= 11 is 0. The molecular weight excluding hydrogens is 256 g/mol. The quantitative estimate of drug-likeness (QED) is 0.790. The molecule has 106 valence electrons. The minimum absolute atomic E-state index is 0.147. The predicted octanol–water partition coefficient (Wildman–Crippen LogP) is 3.35. The Morgan fingerprint density at radius 2 is 1.90 bits per heavy atom. The van der Waals surface area contributed by atoms with E-state index in [0.717, 1.165) is 12.8 Å². The number of allylic oxidation sites excluding steroid dienone is 1. The van der Waals surface area contributed by atoms with E-state index >= 15 is 0 Å². The predicted molar refractivity (Wildman–Crippen MR) is 76.7 cm³/mol. The number of rotatable bonds is 3. The summed E-state index contributed by atoms with van der Waals surface area (Å²) in [6.45, 7) is 0. The average molecular weight is 274 g/mol. The Morgan fingerprint density at radius 1 is 1.15 bits per heavy atom. The van der Waals surface area contributed by atoms with Gasteiger partial charge in [-0.15, -0.1) is 0 Å². The van der Waals surface area contributed by atoms with Gasteiger partial charge in [-0.2, -0.15) is 0 Å². The molecule has 1 aliphatic carbocycles. The molecule has 2 rings (SSSR count). The zero-order chi connectivity index (χ0) is 14.4. The number of benzene rings is 1. The highest BCUT2D eigenvalue weighted by Gasteiger charge is 2.07. The lowest BCUT2D eigenvalue weighted by atomic mass is 9.96. The van der Waals surface area contributed by atoms with E-state index in [1.165, 1.54) is 37.0 Å². The molecule has 1 aliphatic rings. The average Bonchev–Trinajstić information content (AvgIpc) is 2.46. The normalized spacial score (nSPS) is 14.5. The molecule has 0 aliphatic heterocycles. The number of urea groups is 1. The number of amides is 2. The standard InChI is InChI=1S/C15H18N2O3/c18-14(19)12-7-4-8-13(9-12)17-15(20)16-10-11-5-2-1-3-6-11/h4,7-10H,1-3,5-6H2,(H,18,19)(H2,16,17,20). The number of anilines is 1. The van der Waals surface area contributed by atoms with Crippen LogP contribution in [0.25, 0.3) is 0 Å². The highest BCUT2D eigenvalue weighted by molar-refractivity contribution is 5.93. The second-order valence-corrected chi connectivity index (χ2v) is 4.85. The molecule has 0 saturated heterocycles. The van der Waals surface area contributed by atoms with Crippen molar-refractivity contribution in [1.82, 2.24) is 5.32 Å². The van der Waals surface area contributed by atoms with Crippen molar-refractivity contribution in [2.75, 3.05) is 5.32 Å². The van der Waals surface area contributed by atoms with Crippen LogP contribution in [0.1, 0.15) is 42.5 Å². The third-order valence-corrected chi connectivity index (χ3v) is 3.27. The van der Waals surface area contributed by atoms with E-state index in [-0.39, 0.29) is 11.6 Å². The Balaban J connectivity index is 1.91. The Bertz CT molecular complexity index is 530. The number of carbonyl (C=O) groups excluding carboxylic acids is 1. The number of carbonyl (C=O) groups is 2. The summed E-state index contributed by atoms with van der Waals surface area (Å²) < 4.78 is 0. The van der Waals surface area contributed by atoms with Gasteiger partial charge in [-0.25, -0.2) is 9.59 Å². The van der Waals surface area contributed by atoms with E-state index in [9.17, 15) is 9.59 Å². The molecule has 2 amide bonds. The van der Waals surface area contributed by atoms with Crippen LogP contribution in [-0.2, 0) is 0 Å². The van der Waals surface area contributed by atoms with Crippen LogP contribution in [-0.4, -0.2) is 17.1 Å². The number of hydrogen-bond donors (Lipinski definition) is 3. The molecule has 20 heavy (non-hydrogen) atoms. The van der Waals surface area contributed by atoms with Crippen LogP contribution in [0.3, 0.4) is 0 Å². The number of hydrogen-bond acceptors (Lipinski definition) is 2. The maximum absolute atomic E-state index is 11.7. The summed E-state index contributed by atoms with van der Waals surface area (Å²) in [7, 11) is 0. The Morgan fingerprint density at radius 3 is 2.60 bits per heavy atom. The lowest BCUT2D eigenvalue weighted by Crippen LogP contribution is -2.24. The summed E-state index contributed by atoms with van der Waals surface area (Å²) in [6, 6.07) is 5.80. The van der Waals surface area contributed by atoms with Gasteiger partial charge in [0.05, 0.1) is 5.56 Å². The van der Waals surface area contributed by atoms with Gasteiger partial charge >= 0.3 is 12.0 Å². The zero-order valence-electron chi connectivity index (χ0n) is 11.2. The van der Waals surface area contributed by atoms with E-state index in [4.69, 9.17) is 5.11 Å². The van der Waals surface area contributed by atoms with Gasteiger partial charge < -0.3 is 15.7 Å². The van der Waals surface area contributed by atoms with Gasteiger partial charge in [0.15, 0.2) is 0 Å². The molecule has 0 heterocycles. The first-order valence-corrected chi connectivity index (χ1v) is 6.74. The summed E-state index contributed by atoms with van der Waals surface area (Å²) in [5.74, 6) is -1.02. The minimum atomic E-state index is -1.02. The molecule has 5 nitrogen and oxygen atoms in total. The first-order chi connectivity index (χ1) is 9.65. The maximum Gasteiger partial charge on any atom is 0.335 e. The highest BCUT2D eigenvalue weighted by Crippen LogP contribution is 2.21. The fourth-order valence-electron chi connectivity index (χ4n) is 2.22. The summed E-state index contributed by atoms with van der Waals surface area (Å²) in [5, 5.41) is 14.2. The molecule has 1 saturated carbocycles. The van der Waals surface area contributed by atoms with Crippen molar-refractivity contribution in [3.63, 3.8) is 0 Å². The van der Waals surface area contributed by atoms with Crippen molar-refractivity contribution in [2.24, 2.45) is 0 Å². The fourth-order valence-corrected chi connectivity index (χ4v) is 2.22. The summed E-state index contributed by atoms with van der Waals surface area (Å²) in [4.78, 5) is 22.6. The minimum Gasteiger partial charge on any atom is -0.478 e. The largest absolute Gasteiger partial charge is 0.478 e. The molecule has 5 heteroatoms. The lowest BCUT2D eigenvalue weighted by Gasteiger charge is -2.13. The maximum atomic E-state index is 11.7. The molecule has 1 aromatic rings. The van der Waals surface area contributed by atoms with E-state index in [0.29, 0.717) is 5.69 Å². The molecule has 0 spiro atoms. The number of carboxylic acids is 1. The van der Waals surface area contributed by atoms with Crippen molar-refractivity contribution in [1.29, 1.82) is 0 Å². The van der Waals surface area contributed by atoms with Crippen molar-refractivity contribution in [3.8, 4) is 0 Å². The van der Waals surface area contributed by atoms with Gasteiger partial charge in [0.25, 0.3) is 0 Å². The molecule has 0 aromatic heterocycles. The van der Waals surface area contributed by atoms with Crippen LogP contribution >= 0.6 is 0 Å². The van der Waals surface area contributed by atoms with Gasteiger partial charge in [0, 0.05) is 11.9 Å². The van der Waals surface area contributed by atoms with Gasteiger partial charge in [0.2, 0.25) is 0 Å². The van der Waals surface area contributed by atoms with Crippen LogP contribution in [0.4, 0.5) is 10.5 Å². The number of carboxylic acid groups (broad SMARTS) is 1. The van der Waals surface area contributed by atoms with Gasteiger partial charge in [-0.05, 0) is 43.9 Å². The lowest BCUT2D eigenvalue weighted by molar-refractivity contribution is 0.0697. The van der Waals surface area contributed by atoms with E-state index in [2.05, 4.69) is 10.6 Å². The Labute approximate surface area is 117 Å². The fraction of sp³-hybridized carbons (Fsp3) is 0.333. The van der Waals surface area contributed by atoms with Gasteiger partial charge in [-0.3, -0.25) is 0 Å². The topological polar surface area (TPSA) is 78.4 Å². The first kappa shape index (κ1) is 14.1. The van der Waals surface area contributed by atoms with Crippen molar-refractivity contribution in [3.05, 3.63) is 41.6 Å². The number of aromatic carboxylic acids is 1. The molecule has 0 radical (unpaired) electrons. The summed E-state index contributed by atoms with van der Waals surface area (Å²) in [5.41, 5.74) is 1.86. The molecule has 0 atom stereocenters. The second kappa shape index (κ2) is 6.75. The summed E-state index contributed by atoms with van der Waals surface area (Å²) in [6.07, 6.45) is 7.44. The molecule has 1 fully saturated rings. The van der Waals surface area contributed by atoms with E-state index in [1.807, 2.05) is 0 Å². The first-order valence-electron chi connectivity index (χ1n) is 6.74. The SMILES string of the molecule is O=C(NC=C1CCCCC1)Nc1cccc(C(=O)O)c1. The van der Waals surface area contributed by atoms with Gasteiger partial charge in [-0.1, -0.05) is 18.1 Å². The third-order valence-electron chi connectivity index (χ3n) is 3.27. The second-order valence-electron chi connectivity index (χ2n) is 4.85. The van der Waals surface area contributed by atoms with Crippen LogP contribution in [0.15, 0.2) is 36.0 Å². The van der Waals surface area contributed by atoms with Crippen LogP contribution in [0, 0.1) is 0 Å². The van der Waals surface area contributed by atoms with E-state index in [1.54, 1.807) is 18.3 Å². The van der Waals surface area contributed by atoms with Crippen molar-refractivity contribution < 1.29 is 14.7 Å². The monoisotopic (exact) mass is 274 g/mol. The zero-order valence-corrected chi connectivity index (χ0v) is 11.2. The third kappa shape index (κ3) is 4.12. The van der Waals surface area contributed by atoms with Crippen LogP contribution in [0.2, 0.25) is 0 Å². The number of nitrogens with one attached hydrogen (secondary N) is 2. The van der Waals surface area contributed by atoms with Crippen molar-refractivity contribution in [2.45, 2.75) is 32.1 Å². The molecule has 0 bridgehead atoms. The molecule has 0 unspecified atom stereocenters. The van der Waals surface area contributed by atoms with Crippen molar-refractivity contribution >= 4 is 17.7 Å². The molecular formula is C15H18N2O3. The Kier molecular flexibility index (Phi) is 4.76. The van der Waals surface area contributed by atoms with Gasteiger partial charge in [0.1, 0.15) is 0 Å². The smallest absolute Gasteiger partial charge is 0.335 e. The molecule has 1 aromatic carbocycles. The van der Waals surface area contributed by atoms with Crippen LogP contribution < -0.4 is 10.6 Å². The Hall–Kier alpha value is -2.30.